The molecule has 0 aliphatic carbocycles. The zero-order valence-corrected chi connectivity index (χ0v) is 10.2. The summed E-state index contributed by atoms with van der Waals surface area (Å²) in [7, 11) is 0. The van der Waals surface area contributed by atoms with E-state index in [0.717, 1.165) is 0 Å². The highest BCUT2D eigenvalue weighted by Gasteiger charge is 2.30. The SMILES string of the molecule is Oc1ccc(Cl)c(-c2ccc(OC(F)(F)F)cc2)c1. The second-order valence-corrected chi connectivity index (χ2v) is 4.14. The van der Waals surface area contributed by atoms with Gasteiger partial charge in [0, 0.05) is 10.6 Å². The molecule has 0 atom stereocenters. The van der Waals surface area contributed by atoms with Crippen LogP contribution in [0.4, 0.5) is 13.2 Å². The maximum Gasteiger partial charge on any atom is 0.573 e. The van der Waals surface area contributed by atoms with Crippen LogP contribution in [0, 0.1) is 0 Å². The molecule has 0 saturated heterocycles. The van der Waals surface area contributed by atoms with Crippen molar-refractivity contribution in [2.24, 2.45) is 0 Å². The fourth-order valence-electron chi connectivity index (χ4n) is 1.57. The number of phenols is 1. The molecule has 0 heterocycles. The van der Waals surface area contributed by atoms with Crippen LogP contribution in [-0.4, -0.2) is 11.5 Å². The summed E-state index contributed by atoms with van der Waals surface area (Å²) in [5, 5.41) is 9.77. The molecule has 0 radical (unpaired) electrons. The summed E-state index contributed by atoms with van der Waals surface area (Å²) >= 11 is 5.95. The second-order valence-electron chi connectivity index (χ2n) is 3.74. The Morgan fingerprint density at radius 1 is 1.00 bits per heavy atom. The van der Waals surface area contributed by atoms with Crippen LogP contribution < -0.4 is 4.74 Å². The highest BCUT2D eigenvalue weighted by atomic mass is 35.5. The standard InChI is InChI=1S/C13H8ClF3O2/c14-12-6-3-9(18)7-11(12)8-1-4-10(5-2-8)19-13(15,16)17/h1-7,18H. The van der Waals surface area contributed by atoms with Gasteiger partial charge in [-0.05, 0) is 35.9 Å². The molecular weight excluding hydrogens is 281 g/mol. The van der Waals surface area contributed by atoms with Crippen LogP contribution in [0.5, 0.6) is 11.5 Å². The number of rotatable bonds is 2. The summed E-state index contributed by atoms with van der Waals surface area (Å²) in [4.78, 5) is 0. The molecular formula is C13H8ClF3O2. The van der Waals surface area contributed by atoms with Gasteiger partial charge in [0.15, 0.2) is 0 Å². The van der Waals surface area contributed by atoms with Crippen molar-refractivity contribution >= 4 is 11.6 Å². The molecule has 0 amide bonds. The van der Waals surface area contributed by atoms with Gasteiger partial charge in [-0.15, -0.1) is 13.2 Å². The zero-order valence-electron chi connectivity index (χ0n) is 9.41. The lowest BCUT2D eigenvalue weighted by molar-refractivity contribution is -0.274. The zero-order chi connectivity index (χ0) is 14.0. The molecule has 2 aromatic carbocycles. The number of phenolic OH excluding ortho intramolecular Hbond substituents is 1. The van der Waals surface area contributed by atoms with E-state index in [4.69, 9.17) is 11.6 Å². The minimum atomic E-state index is -4.72. The summed E-state index contributed by atoms with van der Waals surface area (Å²) in [5.41, 5.74) is 1.11. The summed E-state index contributed by atoms with van der Waals surface area (Å²) in [6.07, 6.45) is -4.72. The van der Waals surface area contributed by atoms with Gasteiger partial charge in [-0.25, -0.2) is 0 Å². The molecule has 2 aromatic rings. The van der Waals surface area contributed by atoms with E-state index < -0.39 is 6.36 Å². The van der Waals surface area contributed by atoms with Gasteiger partial charge >= 0.3 is 6.36 Å². The first-order chi connectivity index (χ1) is 8.85. The first-order valence-electron chi connectivity index (χ1n) is 5.20. The maximum absolute atomic E-state index is 12.0. The Kier molecular flexibility index (Phi) is 3.57. The van der Waals surface area contributed by atoms with Crippen LogP contribution in [0.25, 0.3) is 11.1 Å². The van der Waals surface area contributed by atoms with Gasteiger partial charge in [0.2, 0.25) is 0 Å². The molecule has 0 fully saturated rings. The predicted molar refractivity (Wildman–Crippen MR) is 65.2 cm³/mol. The first-order valence-corrected chi connectivity index (χ1v) is 5.58. The van der Waals surface area contributed by atoms with E-state index >= 15 is 0 Å². The number of ether oxygens (including phenoxy) is 1. The topological polar surface area (TPSA) is 29.5 Å². The van der Waals surface area contributed by atoms with Crippen molar-refractivity contribution in [3.8, 4) is 22.6 Å². The Labute approximate surface area is 112 Å². The Hall–Kier alpha value is -1.88. The molecule has 0 aromatic heterocycles. The summed E-state index contributed by atoms with van der Waals surface area (Å²) in [6, 6.07) is 9.59. The van der Waals surface area contributed by atoms with Crippen LogP contribution in [-0.2, 0) is 0 Å². The van der Waals surface area contributed by atoms with Gasteiger partial charge in [-0.3, -0.25) is 0 Å². The molecule has 0 aliphatic heterocycles. The molecule has 100 valence electrons. The van der Waals surface area contributed by atoms with Gasteiger partial charge in [0.25, 0.3) is 0 Å². The van der Waals surface area contributed by atoms with Gasteiger partial charge in [-0.1, -0.05) is 23.7 Å². The van der Waals surface area contributed by atoms with Crippen molar-refractivity contribution in [3.63, 3.8) is 0 Å². The Balaban J connectivity index is 2.30. The lowest BCUT2D eigenvalue weighted by Crippen LogP contribution is -2.16. The molecule has 2 rings (SSSR count). The Morgan fingerprint density at radius 3 is 2.21 bits per heavy atom. The summed E-state index contributed by atoms with van der Waals surface area (Å²) < 4.78 is 39.8. The van der Waals surface area contributed by atoms with Crippen LogP contribution in [0.1, 0.15) is 0 Å². The van der Waals surface area contributed by atoms with E-state index in [2.05, 4.69) is 4.74 Å². The molecule has 0 aliphatic rings. The van der Waals surface area contributed by atoms with Gasteiger partial charge in [-0.2, -0.15) is 0 Å². The van der Waals surface area contributed by atoms with Crippen molar-refractivity contribution in [1.82, 2.24) is 0 Å². The number of aromatic hydroxyl groups is 1. The number of halogens is 4. The smallest absolute Gasteiger partial charge is 0.508 e. The van der Waals surface area contributed by atoms with Crippen LogP contribution in [0.3, 0.4) is 0 Å². The third kappa shape index (κ3) is 3.54. The van der Waals surface area contributed by atoms with Crippen LogP contribution in [0.15, 0.2) is 42.5 Å². The van der Waals surface area contributed by atoms with E-state index in [-0.39, 0.29) is 11.5 Å². The Morgan fingerprint density at radius 2 is 1.63 bits per heavy atom. The highest BCUT2D eigenvalue weighted by Crippen LogP contribution is 2.32. The highest BCUT2D eigenvalue weighted by molar-refractivity contribution is 6.33. The van der Waals surface area contributed by atoms with Gasteiger partial charge in [0.05, 0.1) is 0 Å². The molecule has 0 spiro atoms. The largest absolute Gasteiger partial charge is 0.573 e. The quantitative estimate of drug-likeness (QED) is 0.874. The van der Waals surface area contributed by atoms with Crippen molar-refractivity contribution < 1.29 is 23.0 Å². The second kappa shape index (κ2) is 5.01. The number of benzene rings is 2. The molecule has 6 heteroatoms. The molecule has 2 nitrogen and oxygen atoms in total. The van der Waals surface area contributed by atoms with Crippen molar-refractivity contribution in [2.45, 2.75) is 6.36 Å². The average molecular weight is 289 g/mol. The van der Waals surface area contributed by atoms with E-state index in [1.807, 2.05) is 0 Å². The minimum absolute atomic E-state index is 0.0232. The summed E-state index contributed by atoms with van der Waals surface area (Å²) in [5.74, 6) is -0.289. The number of hydrogen-bond donors (Lipinski definition) is 1. The van der Waals surface area contributed by atoms with E-state index in [9.17, 15) is 18.3 Å². The van der Waals surface area contributed by atoms with Gasteiger partial charge in [0.1, 0.15) is 11.5 Å². The fourth-order valence-corrected chi connectivity index (χ4v) is 1.80. The first kappa shape index (κ1) is 13.5. The predicted octanol–water partition coefficient (Wildman–Crippen LogP) is 4.61. The van der Waals surface area contributed by atoms with E-state index in [1.54, 1.807) is 0 Å². The molecule has 0 saturated carbocycles. The Bertz CT molecular complexity index is 579. The lowest BCUT2D eigenvalue weighted by Gasteiger charge is -2.10. The average Bonchev–Trinajstić information content (AvgIpc) is 2.31. The normalized spacial score (nSPS) is 11.4. The fraction of sp³-hybridized carbons (Fsp3) is 0.0769. The van der Waals surface area contributed by atoms with E-state index in [0.29, 0.717) is 16.1 Å². The van der Waals surface area contributed by atoms with Crippen LogP contribution >= 0.6 is 11.6 Å². The van der Waals surface area contributed by atoms with E-state index in [1.165, 1.54) is 42.5 Å². The van der Waals surface area contributed by atoms with Crippen molar-refractivity contribution in [3.05, 3.63) is 47.5 Å². The number of hydrogen-bond acceptors (Lipinski definition) is 2. The molecule has 19 heavy (non-hydrogen) atoms. The third-order valence-corrected chi connectivity index (χ3v) is 2.68. The molecule has 0 bridgehead atoms. The molecule has 1 N–H and O–H groups in total. The summed E-state index contributed by atoms with van der Waals surface area (Å²) in [6.45, 7) is 0. The molecule has 0 unspecified atom stereocenters. The van der Waals surface area contributed by atoms with Crippen molar-refractivity contribution in [1.29, 1.82) is 0 Å². The minimum Gasteiger partial charge on any atom is -0.508 e. The third-order valence-electron chi connectivity index (χ3n) is 2.35. The van der Waals surface area contributed by atoms with Gasteiger partial charge < -0.3 is 9.84 Å². The monoisotopic (exact) mass is 288 g/mol. The van der Waals surface area contributed by atoms with Crippen LogP contribution in [0.2, 0.25) is 5.02 Å². The maximum atomic E-state index is 12.0. The van der Waals surface area contributed by atoms with Crippen molar-refractivity contribution in [2.75, 3.05) is 0 Å². The lowest BCUT2D eigenvalue weighted by atomic mass is 10.1. The number of alkyl halides is 3.